The van der Waals surface area contributed by atoms with E-state index in [1.54, 1.807) is 17.1 Å². The van der Waals surface area contributed by atoms with Crippen molar-refractivity contribution in [2.75, 3.05) is 0 Å². The van der Waals surface area contributed by atoms with Crippen LogP contribution in [0.25, 0.3) is 28.4 Å². The van der Waals surface area contributed by atoms with E-state index in [-0.39, 0.29) is 0 Å². The Morgan fingerprint density at radius 1 is 0.893 bits per heavy atom. The molecule has 0 N–H and O–H groups in total. The molecule has 0 saturated heterocycles. The summed E-state index contributed by atoms with van der Waals surface area (Å²) in [6.07, 6.45) is -1.05. The van der Waals surface area contributed by atoms with Crippen LogP contribution in [0.3, 0.4) is 0 Å². The molecule has 28 heavy (non-hydrogen) atoms. The number of aromatic nitrogens is 3. The predicted octanol–water partition coefficient (Wildman–Crippen LogP) is 5.83. The number of rotatable bonds is 3. The molecular weight excluding hydrogens is 367 g/mol. The zero-order valence-electron chi connectivity index (χ0n) is 15.2. The molecular formula is C21H16F3N3O. The monoisotopic (exact) mass is 383 g/mol. The number of hydrogen-bond acceptors (Lipinski definition) is 3. The van der Waals surface area contributed by atoms with Gasteiger partial charge in [0, 0.05) is 23.5 Å². The van der Waals surface area contributed by atoms with Gasteiger partial charge in [0.15, 0.2) is 5.76 Å². The van der Waals surface area contributed by atoms with Crippen LogP contribution in [0.4, 0.5) is 13.2 Å². The fourth-order valence-corrected chi connectivity index (χ4v) is 3.11. The summed E-state index contributed by atoms with van der Waals surface area (Å²) in [4.78, 5) is 4.02. The van der Waals surface area contributed by atoms with Crippen LogP contribution in [0.2, 0.25) is 0 Å². The van der Waals surface area contributed by atoms with Crippen LogP contribution in [0.1, 0.15) is 16.9 Å². The van der Waals surface area contributed by atoms with Crippen LogP contribution < -0.4 is 0 Å². The van der Waals surface area contributed by atoms with Crippen LogP contribution in [0, 0.1) is 13.8 Å². The summed E-state index contributed by atoms with van der Waals surface area (Å²) in [5, 5.41) is 4.68. The molecule has 4 aromatic rings. The molecule has 0 spiro atoms. The lowest BCUT2D eigenvalue weighted by atomic mass is 10.1. The van der Waals surface area contributed by atoms with E-state index in [9.17, 15) is 13.2 Å². The second kappa shape index (κ2) is 6.67. The van der Waals surface area contributed by atoms with Crippen LogP contribution in [-0.2, 0) is 6.18 Å². The molecule has 3 heterocycles. The summed E-state index contributed by atoms with van der Waals surface area (Å²) in [6.45, 7) is 3.75. The highest BCUT2D eigenvalue weighted by atomic mass is 19.4. The highest BCUT2D eigenvalue weighted by Gasteiger charge is 2.30. The Balaban J connectivity index is 1.91. The number of halogens is 3. The number of nitrogens with zero attached hydrogens (tertiary/aromatic N) is 3. The van der Waals surface area contributed by atoms with Crippen molar-refractivity contribution in [2.24, 2.45) is 0 Å². The van der Waals surface area contributed by atoms with Gasteiger partial charge in [0.2, 0.25) is 0 Å². The Morgan fingerprint density at radius 3 is 2.14 bits per heavy atom. The molecule has 4 rings (SSSR count). The summed E-state index contributed by atoms with van der Waals surface area (Å²) in [5.74, 6) is 1.34. The van der Waals surface area contributed by atoms with Crippen LogP contribution >= 0.6 is 0 Å². The van der Waals surface area contributed by atoms with E-state index in [4.69, 9.17) is 4.42 Å². The fourth-order valence-electron chi connectivity index (χ4n) is 3.11. The Bertz CT molecular complexity index is 1110. The zero-order valence-corrected chi connectivity index (χ0v) is 15.2. The molecule has 7 heteroatoms. The number of benzene rings is 1. The molecule has 0 aliphatic carbocycles. The van der Waals surface area contributed by atoms with Gasteiger partial charge in [0.1, 0.15) is 11.5 Å². The van der Waals surface area contributed by atoms with Crippen molar-refractivity contribution in [3.8, 4) is 28.4 Å². The minimum Gasteiger partial charge on any atom is -0.460 e. The average molecular weight is 383 g/mol. The van der Waals surface area contributed by atoms with Gasteiger partial charge in [-0.1, -0.05) is 0 Å². The minimum atomic E-state index is -4.39. The van der Waals surface area contributed by atoms with E-state index >= 15 is 0 Å². The van der Waals surface area contributed by atoms with Crippen molar-refractivity contribution in [3.05, 3.63) is 77.8 Å². The summed E-state index contributed by atoms with van der Waals surface area (Å²) in [5.41, 5.74) is 2.94. The minimum absolute atomic E-state index is 0.514. The Kier molecular flexibility index (Phi) is 4.30. The van der Waals surface area contributed by atoms with E-state index in [0.29, 0.717) is 22.8 Å². The normalized spacial score (nSPS) is 11.8. The Morgan fingerprint density at radius 2 is 1.57 bits per heavy atom. The molecule has 0 atom stereocenters. The maximum Gasteiger partial charge on any atom is 0.416 e. The third kappa shape index (κ3) is 3.19. The molecule has 142 valence electrons. The quantitative estimate of drug-likeness (QED) is 0.447. The largest absolute Gasteiger partial charge is 0.460 e. The van der Waals surface area contributed by atoms with Crippen LogP contribution in [0.15, 0.2) is 65.3 Å². The number of furan rings is 1. The molecule has 1 aromatic carbocycles. The molecule has 0 amide bonds. The Hall–Kier alpha value is -3.35. The van der Waals surface area contributed by atoms with Crippen molar-refractivity contribution in [1.29, 1.82) is 0 Å². The lowest BCUT2D eigenvalue weighted by molar-refractivity contribution is -0.137. The number of alkyl halides is 3. The molecule has 4 nitrogen and oxygen atoms in total. The predicted molar refractivity (Wildman–Crippen MR) is 99.0 cm³/mol. The van der Waals surface area contributed by atoms with E-state index < -0.39 is 11.7 Å². The Labute approximate surface area is 159 Å². The van der Waals surface area contributed by atoms with Gasteiger partial charge in [0.25, 0.3) is 0 Å². The number of pyridine rings is 1. The molecule has 3 aromatic heterocycles. The zero-order chi connectivity index (χ0) is 19.9. The molecule has 0 bridgehead atoms. The van der Waals surface area contributed by atoms with Gasteiger partial charge in [-0.2, -0.15) is 18.3 Å². The first-order valence-electron chi connectivity index (χ1n) is 8.59. The first-order chi connectivity index (χ1) is 13.3. The number of aryl methyl sites for hydroxylation is 1. The second-order valence-corrected chi connectivity index (χ2v) is 6.42. The van der Waals surface area contributed by atoms with E-state index in [2.05, 4.69) is 10.1 Å². The summed E-state index contributed by atoms with van der Waals surface area (Å²) < 4.78 is 46.1. The lowest BCUT2D eigenvalue weighted by Crippen LogP contribution is -2.06. The highest BCUT2D eigenvalue weighted by molar-refractivity contribution is 5.73. The SMILES string of the molecule is Cc1ccc(-c2c(C)c(-c3ccncc3)nn2-c2ccc(C(F)(F)F)cc2)o1. The fraction of sp³-hybridized carbons (Fsp3) is 0.143. The maximum atomic E-state index is 12.9. The van der Waals surface area contributed by atoms with Gasteiger partial charge < -0.3 is 4.42 Å². The van der Waals surface area contributed by atoms with Crippen molar-refractivity contribution >= 4 is 0 Å². The average Bonchev–Trinajstić information content (AvgIpc) is 3.25. The van der Waals surface area contributed by atoms with E-state index in [1.165, 1.54) is 12.1 Å². The summed E-state index contributed by atoms with van der Waals surface area (Å²) in [7, 11) is 0. The highest BCUT2D eigenvalue weighted by Crippen LogP contribution is 2.35. The van der Waals surface area contributed by atoms with Crippen molar-refractivity contribution in [2.45, 2.75) is 20.0 Å². The molecule has 0 fully saturated rings. The summed E-state index contributed by atoms with van der Waals surface area (Å²) in [6, 6.07) is 12.3. The van der Waals surface area contributed by atoms with Gasteiger partial charge in [-0.15, -0.1) is 0 Å². The van der Waals surface area contributed by atoms with Gasteiger partial charge in [-0.25, -0.2) is 4.68 Å². The molecule has 0 unspecified atom stereocenters. The standard InChI is InChI=1S/C21H16F3N3O/c1-13-3-8-18(28-13)20-14(2)19(15-9-11-25-12-10-15)26-27(20)17-6-4-16(5-7-17)21(22,23)24/h3-12H,1-2H3. The van der Waals surface area contributed by atoms with E-state index in [0.717, 1.165) is 29.0 Å². The number of hydrogen-bond donors (Lipinski definition) is 0. The topological polar surface area (TPSA) is 43.9 Å². The first-order valence-corrected chi connectivity index (χ1v) is 8.59. The van der Waals surface area contributed by atoms with Gasteiger partial charge in [-0.3, -0.25) is 4.98 Å². The molecule has 0 aliphatic heterocycles. The molecule has 0 saturated carbocycles. The smallest absolute Gasteiger partial charge is 0.416 e. The third-order valence-corrected chi connectivity index (χ3v) is 4.49. The molecule has 0 radical (unpaired) electrons. The van der Waals surface area contributed by atoms with Crippen LogP contribution in [-0.4, -0.2) is 14.8 Å². The first kappa shape index (κ1) is 18.0. The van der Waals surface area contributed by atoms with E-state index in [1.807, 2.05) is 38.1 Å². The maximum absolute atomic E-state index is 12.9. The van der Waals surface area contributed by atoms with Crippen molar-refractivity contribution in [1.82, 2.24) is 14.8 Å². The third-order valence-electron chi connectivity index (χ3n) is 4.49. The summed E-state index contributed by atoms with van der Waals surface area (Å²) >= 11 is 0. The molecule has 0 aliphatic rings. The van der Waals surface area contributed by atoms with Crippen molar-refractivity contribution in [3.63, 3.8) is 0 Å². The van der Waals surface area contributed by atoms with Crippen molar-refractivity contribution < 1.29 is 17.6 Å². The van der Waals surface area contributed by atoms with Gasteiger partial charge in [-0.05, 0) is 62.4 Å². The second-order valence-electron chi connectivity index (χ2n) is 6.42. The van der Waals surface area contributed by atoms with Crippen LogP contribution in [0.5, 0.6) is 0 Å². The van der Waals surface area contributed by atoms with Gasteiger partial charge >= 0.3 is 6.18 Å². The van der Waals surface area contributed by atoms with Gasteiger partial charge in [0.05, 0.1) is 16.9 Å². The lowest BCUT2D eigenvalue weighted by Gasteiger charge is -2.09.